The van der Waals surface area contributed by atoms with Crippen LogP contribution in [0.3, 0.4) is 0 Å². The first kappa shape index (κ1) is 21.1. The Kier molecular flexibility index (Phi) is 5.56. The van der Waals surface area contributed by atoms with Crippen molar-refractivity contribution in [2.24, 2.45) is 0 Å². The molecule has 0 aliphatic heterocycles. The molecule has 0 fully saturated rings. The second-order valence-electron chi connectivity index (χ2n) is 5.82. The van der Waals surface area contributed by atoms with Crippen molar-refractivity contribution in [3.05, 3.63) is 65.7 Å². The van der Waals surface area contributed by atoms with E-state index < -0.39 is 33.7 Å². The first-order valence-corrected chi connectivity index (χ1v) is 9.72. The third kappa shape index (κ3) is 6.49. The molecular weight excluding hydrogens is 393 g/mol. The number of aliphatic hydroxyl groups excluding tert-OH is 1. The van der Waals surface area contributed by atoms with E-state index >= 15 is 0 Å². The molecule has 0 unspecified atom stereocenters. The quantitative estimate of drug-likeness (QED) is 0.495. The minimum absolute atomic E-state index is 0.00352. The summed E-state index contributed by atoms with van der Waals surface area (Å²) in [5.74, 6) is -0.745. The summed E-state index contributed by atoms with van der Waals surface area (Å²) >= 11 is 0. The smallest absolute Gasteiger partial charge is 0.325 e. The number of carbonyl (C=O) groups is 1. The Morgan fingerprint density at radius 2 is 1.56 bits per heavy atom. The fourth-order valence-electron chi connectivity index (χ4n) is 2.16. The standard InChI is InChI=1S/C17H18F5NO3S/c18-27(19,20,21,22)15-8-6-13(7-9-15)10-23-16(11-24)17(25)26-12-14-4-2-1-3-5-14/h1-9,16,23-24H,10-12H2/t16-/m0/s1. The number of rotatable bonds is 8. The number of halogens is 5. The van der Waals surface area contributed by atoms with Gasteiger partial charge < -0.3 is 9.84 Å². The van der Waals surface area contributed by atoms with E-state index in [-0.39, 0.29) is 18.7 Å². The van der Waals surface area contributed by atoms with Crippen molar-refractivity contribution < 1.29 is 34.1 Å². The van der Waals surface area contributed by atoms with Crippen molar-refractivity contribution in [3.63, 3.8) is 0 Å². The van der Waals surface area contributed by atoms with Gasteiger partial charge in [-0.15, -0.1) is 0 Å². The van der Waals surface area contributed by atoms with Crippen LogP contribution >= 0.6 is 10.2 Å². The number of aliphatic hydroxyl groups is 1. The highest BCUT2D eigenvalue weighted by Crippen LogP contribution is 3.02. The van der Waals surface area contributed by atoms with E-state index in [4.69, 9.17) is 4.74 Å². The van der Waals surface area contributed by atoms with Gasteiger partial charge in [0.1, 0.15) is 17.5 Å². The van der Waals surface area contributed by atoms with E-state index in [0.29, 0.717) is 12.1 Å². The van der Waals surface area contributed by atoms with E-state index in [2.05, 4.69) is 5.32 Å². The molecule has 150 valence electrons. The lowest BCUT2D eigenvalue weighted by Gasteiger charge is -2.40. The molecule has 0 aliphatic rings. The predicted molar refractivity (Wildman–Crippen MR) is 91.8 cm³/mol. The maximum atomic E-state index is 12.7. The van der Waals surface area contributed by atoms with Crippen LogP contribution in [0.5, 0.6) is 0 Å². The lowest BCUT2D eigenvalue weighted by molar-refractivity contribution is -0.148. The SMILES string of the molecule is O=C(OCc1ccccc1)[C@H](CO)NCc1ccc(S(F)(F)(F)(F)F)cc1. The molecule has 10 heteroatoms. The Morgan fingerprint density at radius 1 is 0.963 bits per heavy atom. The van der Waals surface area contributed by atoms with Gasteiger partial charge in [0.05, 0.1) is 6.61 Å². The van der Waals surface area contributed by atoms with Crippen LogP contribution in [0.15, 0.2) is 59.5 Å². The van der Waals surface area contributed by atoms with Crippen LogP contribution in [0, 0.1) is 0 Å². The topological polar surface area (TPSA) is 58.6 Å². The lowest BCUT2D eigenvalue weighted by atomic mass is 10.2. The summed E-state index contributed by atoms with van der Waals surface area (Å²) in [6, 6.07) is 10.1. The van der Waals surface area contributed by atoms with Gasteiger partial charge in [0.2, 0.25) is 0 Å². The number of nitrogens with one attached hydrogen (secondary N) is 1. The first-order chi connectivity index (χ1) is 12.4. The third-order valence-electron chi connectivity index (χ3n) is 3.61. The van der Waals surface area contributed by atoms with Crippen LogP contribution in [0.1, 0.15) is 11.1 Å². The van der Waals surface area contributed by atoms with Crippen LogP contribution in [0.4, 0.5) is 19.4 Å². The second kappa shape index (κ2) is 7.10. The average Bonchev–Trinajstić information content (AvgIpc) is 2.60. The number of carbonyl (C=O) groups excluding carboxylic acids is 1. The molecule has 0 bridgehead atoms. The van der Waals surface area contributed by atoms with Crippen LogP contribution in [0.2, 0.25) is 0 Å². The van der Waals surface area contributed by atoms with E-state index in [9.17, 15) is 29.3 Å². The highest BCUT2D eigenvalue weighted by molar-refractivity contribution is 8.45. The Hall–Kier alpha value is -2.17. The van der Waals surface area contributed by atoms with Gasteiger partial charge in [-0.05, 0) is 23.3 Å². The molecule has 0 heterocycles. The zero-order valence-electron chi connectivity index (χ0n) is 14.0. The van der Waals surface area contributed by atoms with Gasteiger partial charge in [-0.1, -0.05) is 61.9 Å². The normalized spacial score (nSPS) is 15.5. The van der Waals surface area contributed by atoms with E-state index in [0.717, 1.165) is 17.7 Å². The maximum Gasteiger partial charge on any atom is 0.325 e. The summed E-state index contributed by atoms with van der Waals surface area (Å²) < 4.78 is 68.4. The van der Waals surface area contributed by atoms with Crippen LogP contribution in [-0.2, 0) is 22.7 Å². The summed E-state index contributed by atoms with van der Waals surface area (Å²) in [5, 5.41) is 11.9. The van der Waals surface area contributed by atoms with Crippen molar-refractivity contribution in [2.75, 3.05) is 6.61 Å². The molecule has 2 rings (SSSR count). The first-order valence-electron chi connectivity index (χ1n) is 7.77. The van der Waals surface area contributed by atoms with Crippen molar-refractivity contribution in [3.8, 4) is 0 Å². The molecule has 0 spiro atoms. The highest BCUT2D eigenvalue weighted by atomic mass is 32.5. The number of ether oxygens (including phenoxy) is 1. The number of hydrogen-bond acceptors (Lipinski definition) is 4. The molecule has 0 amide bonds. The fourth-order valence-corrected chi connectivity index (χ4v) is 2.81. The summed E-state index contributed by atoms with van der Waals surface area (Å²) in [6.07, 6.45) is 0. The van der Waals surface area contributed by atoms with Crippen LogP contribution in [0.25, 0.3) is 0 Å². The van der Waals surface area contributed by atoms with Gasteiger partial charge in [0.15, 0.2) is 0 Å². The molecule has 2 N–H and O–H groups in total. The van der Waals surface area contributed by atoms with Gasteiger partial charge in [0, 0.05) is 6.54 Å². The Morgan fingerprint density at radius 3 is 2.07 bits per heavy atom. The molecule has 2 aromatic rings. The third-order valence-corrected chi connectivity index (χ3v) is 4.78. The van der Waals surface area contributed by atoms with Gasteiger partial charge >= 0.3 is 16.2 Å². The van der Waals surface area contributed by atoms with Gasteiger partial charge in [-0.3, -0.25) is 10.1 Å². The summed E-state index contributed by atoms with van der Waals surface area (Å²) in [5.41, 5.74) is 0.976. The number of benzene rings is 2. The van der Waals surface area contributed by atoms with E-state index in [1.54, 1.807) is 30.3 Å². The molecule has 27 heavy (non-hydrogen) atoms. The minimum Gasteiger partial charge on any atom is -0.460 e. The highest BCUT2D eigenvalue weighted by Gasteiger charge is 2.65. The molecule has 0 radical (unpaired) electrons. The Labute approximate surface area is 152 Å². The zero-order chi connectivity index (χ0) is 20.2. The van der Waals surface area contributed by atoms with Crippen LogP contribution < -0.4 is 5.32 Å². The number of esters is 1. The molecular formula is C17H18F5NO3S. The Balaban J connectivity index is 1.92. The molecule has 0 saturated heterocycles. The predicted octanol–water partition coefficient (Wildman–Crippen LogP) is 4.54. The van der Waals surface area contributed by atoms with Gasteiger partial charge in [0.25, 0.3) is 0 Å². The molecule has 2 aromatic carbocycles. The summed E-state index contributed by atoms with van der Waals surface area (Å²) in [4.78, 5) is 9.96. The molecule has 0 aliphatic carbocycles. The van der Waals surface area contributed by atoms with Crippen LogP contribution in [-0.4, -0.2) is 23.7 Å². The van der Waals surface area contributed by atoms with E-state index in [1.165, 1.54) is 0 Å². The molecule has 4 nitrogen and oxygen atoms in total. The monoisotopic (exact) mass is 411 g/mol. The average molecular weight is 411 g/mol. The summed E-state index contributed by atoms with van der Waals surface area (Å²) in [6.45, 7) is -0.722. The molecule has 1 atom stereocenters. The lowest BCUT2D eigenvalue weighted by Crippen LogP contribution is -2.40. The van der Waals surface area contributed by atoms with Crippen molar-refractivity contribution in [1.29, 1.82) is 0 Å². The minimum atomic E-state index is -9.71. The fraction of sp³-hybridized carbons (Fsp3) is 0.235. The number of hydrogen-bond donors (Lipinski definition) is 2. The largest absolute Gasteiger partial charge is 0.460 e. The molecule has 0 aromatic heterocycles. The van der Waals surface area contributed by atoms with Gasteiger partial charge in [-0.2, -0.15) is 0 Å². The Bertz CT molecular complexity index is 782. The second-order valence-corrected chi connectivity index (χ2v) is 8.23. The summed E-state index contributed by atoms with van der Waals surface area (Å²) in [7, 11) is -9.71. The maximum absolute atomic E-state index is 12.7. The molecule has 0 saturated carbocycles. The van der Waals surface area contributed by atoms with Crippen molar-refractivity contribution >= 4 is 16.2 Å². The van der Waals surface area contributed by atoms with Gasteiger partial charge in [-0.25, -0.2) is 0 Å². The van der Waals surface area contributed by atoms with E-state index in [1.807, 2.05) is 0 Å². The van der Waals surface area contributed by atoms with Crippen molar-refractivity contribution in [2.45, 2.75) is 24.1 Å². The zero-order valence-corrected chi connectivity index (χ0v) is 14.8. The van der Waals surface area contributed by atoms with Crippen molar-refractivity contribution in [1.82, 2.24) is 5.32 Å².